The number of alkyl halides is 2. The van der Waals surface area contributed by atoms with Gasteiger partial charge in [-0.1, -0.05) is 45.7 Å². The number of rotatable bonds is 8. The lowest BCUT2D eigenvalue weighted by Crippen LogP contribution is -2.26. The van der Waals surface area contributed by atoms with Crippen LogP contribution < -0.4 is 0 Å². The molecule has 0 aliphatic heterocycles. The van der Waals surface area contributed by atoms with Gasteiger partial charge in [-0.25, -0.2) is 0 Å². The summed E-state index contributed by atoms with van der Waals surface area (Å²) in [5.74, 6) is -0.639. The number of hydrogen-bond donors (Lipinski definition) is 0. The number of Topliss-reactive ketones (excluding diaryl/α,β-unsaturated/α-hetero) is 1. The van der Waals surface area contributed by atoms with Gasteiger partial charge in [0, 0.05) is 35.4 Å². The zero-order valence-electron chi connectivity index (χ0n) is 13.7. The highest BCUT2D eigenvalue weighted by Gasteiger charge is 2.32. The molecule has 2 atom stereocenters. The van der Waals surface area contributed by atoms with Crippen LogP contribution in [0.4, 0.5) is 0 Å². The summed E-state index contributed by atoms with van der Waals surface area (Å²) in [4.78, 5) is 30.8. The van der Waals surface area contributed by atoms with Crippen molar-refractivity contribution >= 4 is 37.6 Å². The van der Waals surface area contributed by atoms with Gasteiger partial charge < -0.3 is 0 Å². The molecule has 24 heavy (non-hydrogen) atoms. The van der Waals surface area contributed by atoms with Crippen LogP contribution in [0.25, 0.3) is 0 Å². The summed E-state index contributed by atoms with van der Waals surface area (Å²) in [6.07, 6.45) is 8.09. The Morgan fingerprint density at radius 2 is 1.21 bits per heavy atom. The van der Waals surface area contributed by atoms with Crippen molar-refractivity contribution in [1.82, 2.24) is 19.9 Å². The summed E-state index contributed by atoms with van der Waals surface area (Å²) >= 11 is 6.96. The summed E-state index contributed by atoms with van der Waals surface area (Å²) in [6, 6.07) is 0. The highest BCUT2D eigenvalue weighted by Crippen LogP contribution is 2.30. The maximum Gasteiger partial charge on any atom is 0.152 e. The van der Waals surface area contributed by atoms with E-state index in [1.165, 1.54) is 0 Å². The Kier molecular flexibility index (Phi) is 7.42. The first kappa shape index (κ1) is 19.1. The van der Waals surface area contributed by atoms with E-state index in [0.717, 1.165) is 35.6 Å². The van der Waals surface area contributed by atoms with E-state index in [-0.39, 0.29) is 17.6 Å². The molecule has 2 aromatic heterocycles. The fraction of sp³-hybridized carbons (Fsp3) is 0.471. The monoisotopic (exact) mass is 454 g/mol. The van der Waals surface area contributed by atoms with Crippen LogP contribution in [0.2, 0.25) is 0 Å². The zero-order valence-corrected chi connectivity index (χ0v) is 16.9. The molecule has 2 rings (SSSR count). The van der Waals surface area contributed by atoms with E-state index in [2.05, 4.69) is 51.8 Å². The van der Waals surface area contributed by atoms with E-state index >= 15 is 0 Å². The van der Waals surface area contributed by atoms with Gasteiger partial charge in [0.05, 0.1) is 34.6 Å². The van der Waals surface area contributed by atoms with Crippen molar-refractivity contribution < 1.29 is 4.79 Å². The minimum absolute atomic E-state index is 0.0779. The van der Waals surface area contributed by atoms with Crippen molar-refractivity contribution in [1.29, 1.82) is 0 Å². The van der Waals surface area contributed by atoms with Crippen LogP contribution in [0.15, 0.2) is 24.8 Å². The minimum atomic E-state index is -0.358. The maximum absolute atomic E-state index is 13.2. The second-order valence-corrected chi connectivity index (χ2v) is 6.59. The zero-order chi connectivity index (χ0) is 17.5. The smallest absolute Gasteiger partial charge is 0.152 e. The fourth-order valence-corrected chi connectivity index (χ4v) is 3.94. The van der Waals surface area contributed by atoms with Crippen LogP contribution in [0.5, 0.6) is 0 Å². The molecule has 2 heterocycles. The van der Waals surface area contributed by atoms with Gasteiger partial charge in [-0.15, -0.1) is 0 Å². The molecule has 0 saturated carbocycles. The van der Waals surface area contributed by atoms with Gasteiger partial charge in [0.2, 0.25) is 0 Å². The maximum atomic E-state index is 13.2. The van der Waals surface area contributed by atoms with Gasteiger partial charge in [-0.2, -0.15) is 0 Å². The average Bonchev–Trinajstić information content (AvgIpc) is 2.64. The Labute approximate surface area is 159 Å². The van der Waals surface area contributed by atoms with Crippen LogP contribution in [0.3, 0.4) is 0 Å². The van der Waals surface area contributed by atoms with E-state index in [0.29, 0.717) is 10.7 Å². The second-order valence-electron chi connectivity index (χ2n) is 5.30. The summed E-state index contributed by atoms with van der Waals surface area (Å²) in [5, 5.41) is 1.01. The molecule has 2 aromatic rings. The van der Waals surface area contributed by atoms with Crippen molar-refractivity contribution in [3.8, 4) is 0 Å². The van der Waals surface area contributed by atoms with E-state index < -0.39 is 0 Å². The molecule has 0 fully saturated rings. The summed E-state index contributed by atoms with van der Waals surface area (Å²) in [6.45, 7) is 4.03. The van der Waals surface area contributed by atoms with E-state index in [4.69, 9.17) is 0 Å². The molecule has 0 aromatic carbocycles. The van der Waals surface area contributed by atoms with E-state index in [1.807, 2.05) is 13.8 Å². The predicted molar refractivity (Wildman–Crippen MR) is 101 cm³/mol. The van der Waals surface area contributed by atoms with Gasteiger partial charge >= 0.3 is 0 Å². The van der Waals surface area contributed by atoms with Crippen molar-refractivity contribution in [3.05, 3.63) is 47.6 Å². The van der Waals surface area contributed by atoms with Crippen LogP contribution in [0, 0.1) is 0 Å². The largest absolute Gasteiger partial charge is 0.298 e. The number of ketones is 1. The Bertz CT molecular complexity index is 638. The van der Waals surface area contributed by atoms with Crippen LogP contribution in [-0.4, -0.2) is 36.4 Å². The lowest BCUT2D eigenvalue weighted by atomic mass is 9.88. The minimum Gasteiger partial charge on any atom is -0.298 e. The highest BCUT2D eigenvalue weighted by atomic mass is 79.9. The number of carbonyl (C=O) groups is 1. The van der Waals surface area contributed by atoms with Gasteiger partial charge in [0.15, 0.2) is 5.78 Å². The molecular weight excluding hydrogens is 436 g/mol. The van der Waals surface area contributed by atoms with Crippen LogP contribution in [0.1, 0.15) is 48.5 Å². The number of hydrogen-bond acceptors (Lipinski definition) is 5. The van der Waals surface area contributed by atoms with E-state index in [9.17, 15) is 4.79 Å². The molecule has 128 valence electrons. The Balaban J connectivity index is 2.42. The first-order valence-electron chi connectivity index (χ1n) is 7.93. The summed E-state index contributed by atoms with van der Waals surface area (Å²) in [5.41, 5.74) is 3.21. The molecule has 0 saturated heterocycles. The summed E-state index contributed by atoms with van der Waals surface area (Å²) < 4.78 is 0. The third kappa shape index (κ3) is 4.06. The van der Waals surface area contributed by atoms with Gasteiger partial charge in [-0.05, 0) is 12.8 Å². The van der Waals surface area contributed by atoms with Crippen LogP contribution >= 0.6 is 31.9 Å². The topological polar surface area (TPSA) is 68.6 Å². The number of halogens is 2. The lowest BCUT2D eigenvalue weighted by molar-refractivity contribution is -0.121. The molecule has 0 aliphatic rings. The standard InChI is InChI=1S/C17H20Br2N4O/c1-3-13-15(22-7-5-20-13)11(9-18)17(24)12(10-19)16-14(4-2)21-6-8-23-16/h5-8,11-12H,3-4,9-10H2,1-2H3. The van der Waals surface area contributed by atoms with E-state index in [1.54, 1.807) is 24.8 Å². The average molecular weight is 456 g/mol. The predicted octanol–water partition coefficient (Wildman–Crippen LogP) is 3.62. The molecule has 0 radical (unpaired) electrons. The summed E-state index contributed by atoms with van der Waals surface area (Å²) in [7, 11) is 0. The molecule has 0 amide bonds. The normalized spacial score (nSPS) is 13.5. The molecule has 5 nitrogen and oxygen atoms in total. The Morgan fingerprint density at radius 3 is 1.54 bits per heavy atom. The lowest BCUT2D eigenvalue weighted by Gasteiger charge is -2.21. The van der Waals surface area contributed by atoms with Crippen molar-refractivity contribution in [3.63, 3.8) is 0 Å². The SMILES string of the molecule is CCc1nccnc1C(CBr)C(=O)C(CBr)c1nccnc1CC. The molecule has 0 bridgehead atoms. The Hall–Kier alpha value is -1.21. The van der Waals surface area contributed by atoms with Gasteiger partial charge in [0.1, 0.15) is 0 Å². The molecule has 0 N–H and O–H groups in total. The molecule has 7 heteroatoms. The highest BCUT2D eigenvalue weighted by molar-refractivity contribution is 9.09. The quantitative estimate of drug-likeness (QED) is 0.568. The first-order chi connectivity index (χ1) is 11.7. The number of carbonyl (C=O) groups excluding carboxylic acids is 1. The third-order valence-corrected chi connectivity index (χ3v) is 5.23. The Morgan fingerprint density at radius 1 is 0.833 bits per heavy atom. The first-order valence-corrected chi connectivity index (χ1v) is 10.2. The van der Waals surface area contributed by atoms with Crippen molar-refractivity contribution in [2.45, 2.75) is 38.5 Å². The van der Waals surface area contributed by atoms with Crippen molar-refractivity contribution in [2.24, 2.45) is 0 Å². The molecule has 0 aliphatic carbocycles. The molecule has 2 unspecified atom stereocenters. The molecular formula is C17H20Br2N4O. The number of nitrogens with zero attached hydrogens (tertiary/aromatic N) is 4. The third-order valence-electron chi connectivity index (χ3n) is 3.94. The number of aromatic nitrogens is 4. The van der Waals surface area contributed by atoms with Crippen molar-refractivity contribution in [2.75, 3.05) is 10.7 Å². The van der Waals surface area contributed by atoms with Gasteiger partial charge in [0.25, 0.3) is 0 Å². The van der Waals surface area contributed by atoms with Crippen LogP contribution in [-0.2, 0) is 17.6 Å². The number of aryl methyl sites for hydroxylation is 2. The molecule has 0 spiro atoms. The van der Waals surface area contributed by atoms with Gasteiger partial charge in [-0.3, -0.25) is 24.7 Å². The fourth-order valence-electron chi connectivity index (χ4n) is 2.69. The second kappa shape index (κ2) is 9.32.